The molecule has 4 rings (SSSR count). The number of hydrogen-bond donors (Lipinski definition) is 2. The van der Waals surface area contributed by atoms with Gasteiger partial charge >= 0.3 is 0 Å². The number of fused-ring (bicyclic) bond motifs is 4. The normalized spacial score (nSPS) is 25.3. The molecule has 4 heteroatoms. The van der Waals surface area contributed by atoms with Crippen LogP contribution in [0.25, 0.3) is 10.4 Å². The third kappa shape index (κ3) is 1.37. The van der Waals surface area contributed by atoms with Gasteiger partial charge in [0.1, 0.15) is 5.75 Å². The number of nitrogens with one attached hydrogen (secondary N) is 2. The van der Waals surface area contributed by atoms with E-state index in [1.165, 1.54) is 16.0 Å². The number of benzene rings is 1. The molecule has 3 nitrogen and oxygen atoms in total. The Balaban J connectivity index is 1.92. The zero-order valence-corrected chi connectivity index (χ0v) is 10.7. The van der Waals surface area contributed by atoms with Crippen LogP contribution in [-0.4, -0.2) is 19.6 Å². The number of piperazine rings is 1. The molecule has 1 saturated heterocycles. The molecule has 1 aromatic heterocycles. The molecule has 2 N–H and O–H groups in total. The summed E-state index contributed by atoms with van der Waals surface area (Å²) in [5.74, 6) is 0.976. The fraction of sp³-hybridized carbons (Fsp3) is 0.286. The summed E-state index contributed by atoms with van der Waals surface area (Å²) in [6, 6.07) is 10.5. The van der Waals surface area contributed by atoms with E-state index in [9.17, 15) is 0 Å². The van der Waals surface area contributed by atoms with E-state index in [0.29, 0.717) is 0 Å². The summed E-state index contributed by atoms with van der Waals surface area (Å²) >= 11 is 1.79. The van der Waals surface area contributed by atoms with Gasteiger partial charge in [-0.2, -0.15) is 0 Å². The molecule has 2 aliphatic heterocycles. The fourth-order valence-corrected chi connectivity index (χ4v) is 3.76. The van der Waals surface area contributed by atoms with E-state index in [0.717, 1.165) is 25.4 Å². The Morgan fingerprint density at radius 2 is 2.11 bits per heavy atom. The Hall–Kier alpha value is -1.36. The Bertz CT molecular complexity index is 587. The van der Waals surface area contributed by atoms with Crippen molar-refractivity contribution in [3.8, 4) is 16.2 Å². The summed E-state index contributed by atoms with van der Waals surface area (Å²) in [7, 11) is 0. The topological polar surface area (TPSA) is 33.3 Å². The van der Waals surface area contributed by atoms with E-state index in [2.05, 4.69) is 40.3 Å². The lowest BCUT2D eigenvalue weighted by molar-refractivity contribution is 0.0137. The quantitative estimate of drug-likeness (QED) is 0.759. The van der Waals surface area contributed by atoms with Crippen molar-refractivity contribution in [3.63, 3.8) is 0 Å². The molecular weight excluding hydrogens is 244 g/mol. The van der Waals surface area contributed by atoms with Gasteiger partial charge in [0.25, 0.3) is 0 Å². The molecule has 2 aliphatic rings. The molecule has 2 aromatic rings. The highest BCUT2D eigenvalue weighted by Crippen LogP contribution is 2.46. The largest absolute Gasteiger partial charge is 0.466 e. The van der Waals surface area contributed by atoms with Crippen LogP contribution >= 0.6 is 11.3 Å². The second kappa shape index (κ2) is 3.82. The maximum atomic E-state index is 6.28. The minimum absolute atomic E-state index is 0.387. The lowest BCUT2D eigenvalue weighted by Crippen LogP contribution is -2.60. The Morgan fingerprint density at radius 3 is 3.00 bits per heavy atom. The third-order valence-electron chi connectivity index (χ3n) is 3.60. The van der Waals surface area contributed by atoms with Crippen LogP contribution in [0.2, 0.25) is 0 Å². The van der Waals surface area contributed by atoms with E-state index >= 15 is 0 Å². The third-order valence-corrected chi connectivity index (χ3v) is 4.55. The van der Waals surface area contributed by atoms with Crippen LogP contribution < -0.4 is 15.4 Å². The van der Waals surface area contributed by atoms with Gasteiger partial charge in [0, 0.05) is 29.1 Å². The first kappa shape index (κ1) is 10.6. The summed E-state index contributed by atoms with van der Waals surface area (Å²) in [5, 5.41) is 9.11. The van der Waals surface area contributed by atoms with Crippen molar-refractivity contribution in [2.45, 2.75) is 5.72 Å². The second-order valence-electron chi connectivity index (χ2n) is 4.69. The van der Waals surface area contributed by atoms with E-state index in [1.54, 1.807) is 11.3 Å². The molecule has 1 unspecified atom stereocenters. The van der Waals surface area contributed by atoms with Crippen molar-refractivity contribution in [2.75, 3.05) is 19.6 Å². The highest BCUT2D eigenvalue weighted by molar-refractivity contribution is 7.13. The number of ether oxygens (including phenoxy) is 1. The first-order chi connectivity index (χ1) is 8.89. The Labute approximate surface area is 110 Å². The lowest BCUT2D eigenvalue weighted by Gasteiger charge is -2.42. The summed E-state index contributed by atoms with van der Waals surface area (Å²) in [6.45, 7) is 2.73. The molecule has 0 amide bonds. The Morgan fingerprint density at radius 1 is 1.17 bits per heavy atom. The molecule has 1 atom stereocenters. The molecule has 3 heterocycles. The SMILES string of the molecule is c1ccc2c(c1)OC1(CNCCN1)c1ccsc1-2. The average molecular weight is 258 g/mol. The average Bonchev–Trinajstić information content (AvgIpc) is 2.90. The predicted octanol–water partition coefficient (Wildman–Crippen LogP) is 2.15. The van der Waals surface area contributed by atoms with Gasteiger partial charge in [0.2, 0.25) is 5.72 Å². The van der Waals surface area contributed by atoms with E-state index in [1.807, 2.05) is 6.07 Å². The van der Waals surface area contributed by atoms with Crippen LogP contribution in [0.1, 0.15) is 5.56 Å². The monoisotopic (exact) mass is 258 g/mol. The molecule has 1 fully saturated rings. The summed E-state index contributed by atoms with van der Waals surface area (Å²) in [6.07, 6.45) is 0. The number of rotatable bonds is 0. The van der Waals surface area contributed by atoms with Crippen LogP contribution in [0, 0.1) is 0 Å². The summed E-state index contributed by atoms with van der Waals surface area (Å²) in [4.78, 5) is 1.33. The highest BCUT2D eigenvalue weighted by atomic mass is 32.1. The van der Waals surface area contributed by atoms with Gasteiger partial charge in [0.15, 0.2) is 0 Å². The van der Waals surface area contributed by atoms with Crippen molar-refractivity contribution >= 4 is 11.3 Å². The van der Waals surface area contributed by atoms with E-state index in [-0.39, 0.29) is 5.72 Å². The first-order valence-corrected chi connectivity index (χ1v) is 7.09. The summed E-state index contributed by atoms with van der Waals surface area (Å²) < 4.78 is 6.28. The van der Waals surface area contributed by atoms with Crippen LogP contribution in [0.4, 0.5) is 0 Å². The molecule has 0 saturated carbocycles. The fourth-order valence-electron chi connectivity index (χ4n) is 2.76. The molecule has 92 valence electrons. The maximum Gasteiger partial charge on any atom is 0.201 e. The zero-order valence-electron chi connectivity index (χ0n) is 9.90. The predicted molar refractivity (Wildman–Crippen MR) is 72.9 cm³/mol. The van der Waals surface area contributed by atoms with Crippen molar-refractivity contribution in [3.05, 3.63) is 41.3 Å². The summed E-state index contributed by atoms with van der Waals surface area (Å²) in [5.41, 5.74) is 2.08. The van der Waals surface area contributed by atoms with Crippen LogP contribution in [-0.2, 0) is 5.72 Å². The Kier molecular flexibility index (Phi) is 2.24. The van der Waals surface area contributed by atoms with Crippen LogP contribution in [0.3, 0.4) is 0 Å². The van der Waals surface area contributed by atoms with Gasteiger partial charge in [0.05, 0.1) is 6.54 Å². The van der Waals surface area contributed by atoms with Gasteiger partial charge in [-0.1, -0.05) is 12.1 Å². The molecule has 0 bridgehead atoms. The van der Waals surface area contributed by atoms with Crippen molar-refractivity contribution in [1.82, 2.24) is 10.6 Å². The van der Waals surface area contributed by atoms with Crippen LogP contribution in [0.5, 0.6) is 5.75 Å². The molecular formula is C14H14N2OS. The first-order valence-electron chi connectivity index (χ1n) is 6.21. The minimum Gasteiger partial charge on any atom is -0.466 e. The smallest absolute Gasteiger partial charge is 0.201 e. The second-order valence-corrected chi connectivity index (χ2v) is 5.61. The molecule has 1 spiro atoms. The standard InChI is InChI=1S/C14H14N2OS/c1-2-4-12-10(3-1)13-11(5-8-18-13)14(17-12)9-15-6-7-16-14/h1-5,8,15-16H,6-7,9H2. The molecule has 1 aromatic carbocycles. The highest BCUT2D eigenvalue weighted by Gasteiger charge is 2.42. The number of para-hydroxylation sites is 1. The van der Waals surface area contributed by atoms with Gasteiger partial charge in [-0.3, -0.25) is 5.32 Å². The van der Waals surface area contributed by atoms with Crippen molar-refractivity contribution in [1.29, 1.82) is 0 Å². The lowest BCUT2D eigenvalue weighted by atomic mass is 9.95. The molecule has 18 heavy (non-hydrogen) atoms. The van der Waals surface area contributed by atoms with Gasteiger partial charge in [-0.25, -0.2) is 0 Å². The van der Waals surface area contributed by atoms with Crippen molar-refractivity contribution < 1.29 is 4.74 Å². The van der Waals surface area contributed by atoms with Gasteiger partial charge in [-0.05, 0) is 23.6 Å². The maximum absolute atomic E-state index is 6.28. The molecule has 0 radical (unpaired) electrons. The van der Waals surface area contributed by atoms with Gasteiger partial charge in [-0.15, -0.1) is 11.3 Å². The minimum atomic E-state index is -0.387. The van der Waals surface area contributed by atoms with Gasteiger partial charge < -0.3 is 10.1 Å². The van der Waals surface area contributed by atoms with E-state index in [4.69, 9.17) is 4.74 Å². The number of thiophene rings is 1. The molecule has 0 aliphatic carbocycles. The zero-order chi connectivity index (χ0) is 12.0. The van der Waals surface area contributed by atoms with Crippen molar-refractivity contribution in [2.24, 2.45) is 0 Å². The number of hydrogen-bond acceptors (Lipinski definition) is 4. The van der Waals surface area contributed by atoms with E-state index < -0.39 is 0 Å². The van der Waals surface area contributed by atoms with Crippen LogP contribution in [0.15, 0.2) is 35.7 Å².